The number of piperazine rings is 1. The Kier molecular flexibility index (Phi) is 4.82. The number of benzene rings is 1. The van der Waals surface area contributed by atoms with Crippen molar-refractivity contribution in [3.8, 4) is 0 Å². The van der Waals surface area contributed by atoms with Gasteiger partial charge in [0.25, 0.3) is 0 Å². The summed E-state index contributed by atoms with van der Waals surface area (Å²) in [6.07, 6.45) is -0.266. The number of carbonyl (C=O) groups excluding carboxylic acids is 2. The molecule has 1 heterocycles. The second-order valence-electron chi connectivity index (χ2n) is 6.82. The Hall–Kier alpha value is -2.24. The van der Waals surface area contributed by atoms with E-state index in [1.165, 1.54) is 0 Å². The van der Waals surface area contributed by atoms with E-state index in [2.05, 4.69) is 4.90 Å². The summed E-state index contributed by atoms with van der Waals surface area (Å²) in [7, 11) is 0. The molecule has 2 N–H and O–H groups in total. The van der Waals surface area contributed by atoms with Crippen LogP contribution in [-0.4, -0.2) is 48.7 Å². The van der Waals surface area contributed by atoms with Gasteiger partial charge >= 0.3 is 6.09 Å². The minimum Gasteiger partial charge on any atom is -0.444 e. The van der Waals surface area contributed by atoms with E-state index in [-0.39, 0.29) is 6.09 Å². The van der Waals surface area contributed by atoms with E-state index < -0.39 is 11.5 Å². The summed E-state index contributed by atoms with van der Waals surface area (Å²) in [6, 6.07) is 5.46. The quantitative estimate of drug-likeness (QED) is 0.906. The van der Waals surface area contributed by atoms with Gasteiger partial charge in [0.1, 0.15) is 5.60 Å². The van der Waals surface area contributed by atoms with Crippen molar-refractivity contribution >= 4 is 17.7 Å². The Morgan fingerprint density at radius 1 is 1.13 bits per heavy atom. The highest BCUT2D eigenvalue weighted by Gasteiger charge is 2.26. The molecule has 6 nitrogen and oxygen atoms in total. The zero-order valence-electron chi connectivity index (χ0n) is 14.3. The number of aryl methyl sites for hydroxylation is 1. The van der Waals surface area contributed by atoms with E-state index in [1.807, 2.05) is 33.8 Å². The van der Waals surface area contributed by atoms with Gasteiger partial charge in [0.2, 0.25) is 5.91 Å². The molecule has 1 aromatic carbocycles. The largest absolute Gasteiger partial charge is 0.444 e. The van der Waals surface area contributed by atoms with Crippen molar-refractivity contribution in [2.75, 3.05) is 31.1 Å². The lowest BCUT2D eigenvalue weighted by atomic mass is 10.1. The maximum absolute atomic E-state index is 12.1. The molecule has 0 unspecified atom stereocenters. The summed E-state index contributed by atoms with van der Waals surface area (Å²) in [5.41, 5.74) is 7.41. The number of rotatable bonds is 2. The van der Waals surface area contributed by atoms with Crippen LogP contribution in [0.1, 0.15) is 36.7 Å². The van der Waals surface area contributed by atoms with E-state index in [4.69, 9.17) is 10.5 Å². The van der Waals surface area contributed by atoms with Crippen LogP contribution in [0.5, 0.6) is 0 Å². The van der Waals surface area contributed by atoms with Crippen molar-refractivity contribution in [1.29, 1.82) is 0 Å². The van der Waals surface area contributed by atoms with E-state index in [9.17, 15) is 9.59 Å². The number of anilines is 1. The van der Waals surface area contributed by atoms with Gasteiger partial charge < -0.3 is 20.3 Å². The summed E-state index contributed by atoms with van der Waals surface area (Å²) >= 11 is 0. The van der Waals surface area contributed by atoms with Crippen molar-refractivity contribution in [1.82, 2.24) is 4.90 Å². The Labute approximate surface area is 137 Å². The molecule has 1 fully saturated rings. The van der Waals surface area contributed by atoms with Gasteiger partial charge in [-0.2, -0.15) is 0 Å². The molecule has 1 saturated heterocycles. The van der Waals surface area contributed by atoms with Gasteiger partial charge in [-0.05, 0) is 51.5 Å². The average Bonchev–Trinajstić information content (AvgIpc) is 2.45. The number of primary amides is 1. The second-order valence-corrected chi connectivity index (χ2v) is 6.82. The fraction of sp³-hybridized carbons (Fsp3) is 0.529. The predicted molar refractivity (Wildman–Crippen MR) is 89.7 cm³/mol. The van der Waals surface area contributed by atoms with E-state index in [0.717, 1.165) is 24.3 Å². The van der Waals surface area contributed by atoms with Crippen LogP contribution in [0.25, 0.3) is 0 Å². The van der Waals surface area contributed by atoms with Gasteiger partial charge in [0.15, 0.2) is 0 Å². The van der Waals surface area contributed by atoms with Gasteiger partial charge in [-0.3, -0.25) is 4.79 Å². The summed E-state index contributed by atoms with van der Waals surface area (Å²) in [5, 5.41) is 0. The molecule has 0 atom stereocenters. The number of nitrogens with zero attached hydrogens (tertiary/aromatic N) is 2. The molecule has 1 aliphatic heterocycles. The Balaban J connectivity index is 1.99. The first-order valence-corrected chi connectivity index (χ1v) is 7.81. The van der Waals surface area contributed by atoms with Gasteiger partial charge in [0.05, 0.1) is 0 Å². The summed E-state index contributed by atoms with van der Waals surface area (Å²) < 4.78 is 5.40. The topological polar surface area (TPSA) is 75.9 Å². The van der Waals surface area contributed by atoms with Gasteiger partial charge in [-0.1, -0.05) is 0 Å². The number of ether oxygens (including phenoxy) is 1. The normalized spacial score (nSPS) is 15.5. The molecule has 0 saturated carbocycles. The van der Waals surface area contributed by atoms with Crippen LogP contribution < -0.4 is 10.6 Å². The number of nitrogens with two attached hydrogens (primary N) is 1. The molecule has 23 heavy (non-hydrogen) atoms. The van der Waals surface area contributed by atoms with Crippen LogP contribution in [0.15, 0.2) is 18.2 Å². The second kappa shape index (κ2) is 6.48. The molecule has 2 amide bonds. The number of amides is 2. The van der Waals surface area contributed by atoms with E-state index in [0.29, 0.717) is 18.7 Å². The van der Waals surface area contributed by atoms with E-state index in [1.54, 1.807) is 17.0 Å². The maximum Gasteiger partial charge on any atom is 0.410 e. The first-order chi connectivity index (χ1) is 10.7. The highest BCUT2D eigenvalue weighted by Crippen LogP contribution is 2.23. The minimum absolute atomic E-state index is 0.266. The molecule has 1 aliphatic rings. The molecule has 1 aromatic rings. The SMILES string of the molecule is Cc1cc(C(N)=O)ccc1N1CCN(C(=O)OC(C)(C)C)CC1. The van der Waals surface area contributed by atoms with Crippen LogP contribution >= 0.6 is 0 Å². The third-order valence-corrected chi connectivity index (χ3v) is 3.75. The number of hydrogen-bond acceptors (Lipinski definition) is 4. The molecule has 0 aliphatic carbocycles. The van der Waals surface area contributed by atoms with Gasteiger partial charge in [-0.25, -0.2) is 4.79 Å². The standard InChI is InChI=1S/C17H25N3O3/c1-12-11-13(15(18)21)5-6-14(12)19-7-9-20(10-8-19)16(22)23-17(2,3)4/h5-6,11H,7-10H2,1-4H3,(H2,18,21). The molecule has 0 radical (unpaired) electrons. The fourth-order valence-electron chi connectivity index (χ4n) is 2.62. The lowest BCUT2D eigenvalue weighted by Crippen LogP contribution is -2.50. The molecular formula is C17H25N3O3. The monoisotopic (exact) mass is 319 g/mol. The molecule has 2 rings (SSSR count). The lowest BCUT2D eigenvalue weighted by Gasteiger charge is -2.37. The highest BCUT2D eigenvalue weighted by atomic mass is 16.6. The smallest absolute Gasteiger partial charge is 0.410 e. The molecule has 126 valence electrons. The average molecular weight is 319 g/mol. The maximum atomic E-state index is 12.1. The zero-order chi connectivity index (χ0) is 17.2. The first kappa shape index (κ1) is 17.1. The van der Waals surface area contributed by atoms with Crippen LogP contribution in [0.2, 0.25) is 0 Å². The first-order valence-electron chi connectivity index (χ1n) is 7.81. The summed E-state index contributed by atoms with van der Waals surface area (Å²) in [5.74, 6) is -0.422. The zero-order valence-corrected chi connectivity index (χ0v) is 14.3. The fourth-order valence-corrected chi connectivity index (χ4v) is 2.62. The third-order valence-electron chi connectivity index (χ3n) is 3.75. The van der Waals surface area contributed by atoms with Gasteiger partial charge in [-0.15, -0.1) is 0 Å². The van der Waals surface area contributed by atoms with Crippen molar-refractivity contribution in [3.63, 3.8) is 0 Å². The molecular weight excluding hydrogens is 294 g/mol. The Morgan fingerprint density at radius 2 is 1.74 bits per heavy atom. The van der Waals surface area contributed by atoms with Crippen LogP contribution in [-0.2, 0) is 4.74 Å². The molecule has 0 spiro atoms. The van der Waals surface area contributed by atoms with Gasteiger partial charge in [0, 0.05) is 37.4 Å². The number of carbonyl (C=O) groups is 2. The number of hydrogen-bond donors (Lipinski definition) is 1. The molecule has 0 aromatic heterocycles. The van der Waals surface area contributed by atoms with Crippen molar-refractivity contribution in [2.45, 2.75) is 33.3 Å². The van der Waals surface area contributed by atoms with Crippen LogP contribution in [0, 0.1) is 6.92 Å². The predicted octanol–water partition coefficient (Wildman–Crippen LogP) is 2.15. The highest BCUT2D eigenvalue weighted by molar-refractivity contribution is 5.93. The summed E-state index contributed by atoms with van der Waals surface area (Å²) in [6.45, 7) is 10.3. The molecule has 6 heteroatoms. The molecule has 0 bridgehead atoms. The van der Waals surface area contributed by atoms with Crippen LogP contribution in [0.4, 0.5) is 10.5 Å². The lowest BCUT2D eigenvalue weighted by molar-refractivity contribution is 0.0240. The minimum atomic E-state index is -0.477. The third kappa shape index (κ3) is 4.37. The van der Waals surface area contributed by atoms with Crippen molar-refractivity contribution in [3.05, 3.63) is 29.3 Å². The van der Waals surface area contributed by atoms with Crippen molar-refractivity contribution < 1.29 is 14.3 Å². The van der Waals surface area contributed by atoms with Crippen LogP contribution in [0.3, 0.4) is 0 Å². The summed E-state index contributed by atoms with van der Waals surface area (Å²) in [4.78, 5) is 27.2. The Morgan fingerprint density at radius 3 is 2.22 bits per heavy atom. The van der Waals surface area contributed by atoms with Crippen molar-refractivity contribution in [2.24, 2.45) is 5.73 Å². The Bertz CT molecular complexity index is 600. The van der Waals surface area contributed by atoms with E-state index >= 15 is 0 Å².